The second-order valence-electron chi connectivity index (χ2n) is 3.62. The number of hydrogen-bond acceptors (Lipinski definition) is 8. The molecule has 0 radical (unpaired) electrons. The van der Waals surface area contributed by atoms with Crippen molar-refractivity contribution >= 4 is 33.5 Å². The Hall–Kier alpha value is -0.960. The molecule has 114 valence electrons. The van der Waals surface area contributed by atoms with E-state index in [1.54, 1.807) is 0 Å². The van der Waals surface area contributed by atoms with E-state index in [-0.39, 0.29) is 13.2 Å². The molecule has 0 aliphatic rings. The van der Waals surface area contributed by atoms with Crippen LogP contribution in [-0.4, -0.2) is 48.7 Å². The zero-order valence-electron chi connectivity index (χ0n) is 11.2. The van der Waals surface area contributed by atoms with Gasteiger partial charge in [0.2, 0.25) is 0 Å². The van der Waals surface area contributed by atoms with E-state index >= 15 is 0 Å². The Bertz CT molecular complexity index is 307. The van der Waals surface area contributed by atoms with Crippen LogP contribution in [0.4, 0.5) is 0 Å². The van der Waals surface area contributed by atoms with Crippen LogP contribution in [0, 0.1) is 0 Å². The Morgan fingerprint density at radius 2 is 1.30 bits per heavy atom. The van der Waals surface area contributed by atoms with Gasteiger partial charge in [0.1, 0.15) is 25.3 Å². The summed E-state index contributed by atoms with van der Waals surface area (Å²) in [5.74, 6) is -0.218. The number of nitrogens with two attached hydrogens (primary N) is 2. The van der Waals surface area contributed by atoms with Crippen LogP contribution >= 0.6 is 21.6 Å². The number of rotatable bonds is 11. The fraction of sp³-hybridized carbons (Fsp3) is 0.500. The minimum atomic E-state index is -0.712. The molecule has 0 fully saturated rings. The van der Waals surface area contributed by atoms with Crippen LogP contribution in [0.1, 0.15) is 0 Å². The molecule has 6 nitrogen and oxygen atoms in total. The van der Waals surface area contributed by atoms with Crippen molar-refractivity contribution in [3.63, 3.8) is 0 Å². The van der Waals surface area contributed by atoms with Crippen molar-refractivity contribution in [1.29, 1.82) is 0 Å². The molecule has 4 N–H and O–H groups in total. The molecule has 0 aromatic rings. The van der Waals surface area contributed by atoms with Gasteiger partial charge in [-0.25, -0.2) is 0 Å². The van der Waals surface area contributed by atoms with Gasteiger partial charge >= 0.3 is 11.9 Å². The molecule has 0 bridgehead atoms. The third-order valence-electron chi connectivity index (χ3n) is 1.87. The second-order valence-corrected chi connectivity index (χ2v) is 6.17. The highest BCUT2D eigenvalue weighted by atomic mass is 33.1. The molecule has 0 aromatic carbocycles. The van der Waals surface area contributed by atoms with Gasteiger partial charge in [0, 0.05) is 11.5 Å². The zero-order chi connectivity index (χ0) is 15.4. The Morgan fingerprint density at radius 3 is 1.60 bits per heavy atom. The molecule has 2 atom stereocenters. The van der Waals surface area contributed by atoms with Crippen LogP contribution in [0.25, 0.3) is 0 Å². The lowest BCUT2D eigenvalue weighted by Gasteiger charge is -2.11. The maximum absolute atomic E-state index is 11.3. The van der Waals surface area contributed by atoms with Gasteiger partial charge in [-0.2, -0.15) is 0 Å². The molecular weight excluding hydrogens is 300 g/mol. The molecule has 0 rings (SSSR count). The molecule has 20 heavy (non-hydrogen) atoms. The minimum Gasteiger partial charge on any atom is -0.460 e. The second kappa shape index (κ2) is 11.8. The molecule has 1 unspecified atom stereocenters. The Kier molecular flexibility index (Phi) is 11.3. The largest absolute Gasteiger partial charge is 0.460 e. The normalized spacial score (nSPS) is 13.1. The molecule has 0 saturated carbocycles. The summed E-state index contributed by atoms with van der Waals surface area (Å²) in [6.07, 6.45) is 2.95. The molecule has 0 amide bonds. The summed E-state index contributed by atoms with van der Waals surface area (Å²) >= 11 is 0. The Morgan fingerprint density at radius 1 is 0.950 bits per heavy atom. The van der Waals surface area contributed by atoms with Crippen LogP contribution in [0.2, 0.25) is 0 Å². The lowest BCUT2D eigenvalue weighted by molar-refractivity contribution is -0.144. The maximum atomic E-state index is 11.3. The molecule has 0 aliphatic carbocycles. The Balaban J connectivity index is 3.73. The first kappa shape index (κ1) is 19.0. The number of ether oxygens (including phenoxy) is 2. The van der Waals surface area contributed by atoms with Crippen molar-refractivity contribution < 1.29 is 19.1 Å². The van der Waals surface area contributed by atoms with E-state index in [4.69, 9.17) is 20.9 Å². The SMILES string of the molecule is C=CCOC(=O)C(N)CSSC[C@H](N)C(=O)OCC=C. The van der Waals surface area contributed by atoms with Crippen molar-refractivity contribution in [2.24, 2.45) is 11.5 Å². The quantitative estimate of drug-likeness (QED) is 0.245. The fourth-order valence-corrected chi connectivity index (χ4v) is 3.09. The highest BCUT2D eigenvalue weighted by Crippen LogP contribution is 2.22. The van der Waals surface area contributed by atoms with Gasteiger partial charge in [-0.3, -0.25) is 9.59 Å². The molecule has 0 heterocycles. The number of carbonyl (C=O) groups excluding carboxylic acids is 2. The molecule has 0 saturated heterocycles. The van der Waals surface area contributed by atoms with Gasteiger partial charge in [-0.1, -0.05) is 46.9 Å². The van der Waals surface area contributed by atoms with Gasteiger partial charge in [-0.05, 0) is 0 Å². The van der Waals surface area contributed by atoms with Crippen LogP contribution in [0.3, 0.4) is 0 Å². The highest BCUT2D eigenvalue weighted by molar-refractivity contribution is 8.76. The van der Waals surface area contributed by atoms with Crippen molar-refractivity contribution in [1.82, 2.24) is 0 Å². The van der Waals surface area contributed by atoms with Crippen LogP contribution < -0.4 is 11.5 Å². The van der Waals surface area contributed by atoms with Crippen LogP contribution in [0.15, 0.2) is 25.3 Å². The van der Waals surface area contributed by atoms with Crippen molar-refractivity contribution in [3.8, 4) is 0 Å². The van der Waals surface area contributed by atoms with Gasteiger partial charge in [0.05, 0.1) is 0 Å². The van der Waals surface area contributed by atoms with E-state index in [0.717, 1.165) is 0 Å². The summed E-state index contributed by atoms with van der Waals surface area (Å²) in [7, 11) is 2.70. The minimum absolute atomic E-state index is 0.143. The predicted octanol–water partition coefficient (Wildman–Crippen LogP) is 0.481. The van der Waals surface area contributed by atoms with Crippen molar-refractivity contribution in [2.45, 2.75) is 12.1 Å². The van der Waals surface area contributed by atoms with E-state index in [9.17, 15) is 9.59 Å². The van der Waals surface area contributed by atoms with E-state index in [2.05, 4.69) is 13.2 Å². The third kappa shape index (κ3) is 9.03. The summed E-state index contributed by atoms with van der Waals surface area (Å²) in [5.41, 5.74) is 11.2. The van der Waals surface area contributed by atoms with Crippen LogP contribution in [-0.2, 0) is 19.1 Å². The molecule has 0 aliphatic heterocycles. The lowest BCUT2D eigenvalue weighted by Crippen LogP contribution is -2.35. The first-order valence-electron chi connectivity index (χ1n) is 5.83. The summed E-state index contributed by atoms with van der Waals surface area (Å²) in [6.45, 7) is 7.15. The average Bonchev–Trinajstić information content (AvgIpc) is 2.45. The summed E-state index contributed by atoms with van der Waals surface area (Å²) in [6, 6.07) is -1.42. The molecule has 0 spiro atoms. The predicted molar refractivity (Wildman–Crippen MR) is 83.2 cm³/mol. The van der Waals surface area contributed by atoms with E-state index in [1.807, 2.05) is 0 Å². The van der Waals surface area contributed by atoms with Gasteiger partial charge in [-0.15, -0.1) is 0 Å². The maximum Gasteiger partial charge on any atom is 0.324 e. The lowest BCUT2D eigenvalue weighted by atomic mass is 10.4. The smallest absolute Gasteiger partial charge is 0.324 e. The third-order valence-corrected chi connectivity index (χ3v) is 4.34. The monoisotopic (exact) mass is 320 g/mol. The van der Waals surface area contributed by atoms with Crippen molar-refractivity contribution in [2.75, 3.05) is 24.7 Å². The van der Waals surface area contributed by atoms with Crippen LogP contribution in [0.5, 0.6) is 0 Å². The van der Waals surface area contributed by atoms with Gasteiger partial charge in [0.25, 0.3) is 0 Å². The van der Waals surface area contributed by atoms with Crippen molar-refractivity contribution in [3.05, 3.63) is 25.3 Å². The number of hydrogen-bond donors (Lipinski definition) is 2. The number of esters is 2. The first-order valence-corrected chi connectivity index (χ1v) is 8.32. The van der Waals surface area contributed by atoms with E-state index in [1.165, 1.54) is 33.7 Å². The molecular formula is C12H20N2O4S2. The summed E-state index contributed by atoms with van der Waals surface area (Å²) in [4.78, 5) is 22.7. The van der Waals surface area contributed by atoms with E-state index in [0.29, 0.717) is 11.5 Å². The van der Waals surface area contributed by atoms with Gasteiger partial charge in [0.15, 0.2) is 0 Å². The van der Waals surface area contributed by atoms with Gasteiger partial charge < -0.3 is 20.9 Å². The average molecular weight is 320 g/mol. The topological polar surface area (TPSA) is 105 Å². The Labute approximate surface area is 126 Å². The standard InChI is InChI=1S/C12H20N2O4S2/c1-3-5-17-11(15)9(13)7-19-20-8-10(14)12(16)18-6-4-2/h3-4,9-10H,1-2,5-8,13-14H2/t9-,10?/m0/s1. The molecule has 8 heteroatoms. The zero-order valence-corrected chi connectivity index (χ0v) is 12.8. The summed E-state index contributed by atoms with van der Waals surface area (Å²) < 4.78 is 9.60. The van der Waals surface area contributed by atoms with E-state index < -0.39 is 24.0 Å². The fourth-order valence-electron chi connectivity index (χ4n) is 0.875. The number of carbonyl (C=O) groups is 2. The summed E-state index contributed by atoms with van der Waals surface area (Å²) in [5, 5.41) is 0. The highest BCUT2D eigenvalue weighted by Gasteiger charge is 2.17. The molecule has 0 aromatic heterocycles. The first-order chi connectivity index (χ1) is 9.52.